The fourth-order valence-corrected chi connectivity index (χ4v) is 4.93. The van der Waals surface area contributed by atoms with Gasteiger partial charge in [0.05, 0.1) is 36.5 Å². The Balaban J connectivity index is 1.54. The largest absolute Gasteiger partial charge is 0.496 e. The second-order valence-corrected chi connectivity index (χ2v) is 8.54. The average molecular weight is 450 g/mol. The monoisotopic (exact) mass is 449 g/mol. The fraction of sp³-hybridized carbons (Fsp3) is 0.333. The molecule has 3 aromatic rings. The average Bonchev–Trinajstić information content (AvgIpc) is 3.28. The quantitative estimate of drug-likeness (QED) is 0.571. The molecule has 0 saturated heterocycles. The lowest BCUT2D eigenvalue weighted by molar-refractivity contribution is 0.0928. The molecule has 1 amide bonds. The van der Waals surface area contributed by atoms with Crippen molar-refractivity contribution >= 4 is 44.2 Å². The molecule has 4 rings (SSSR count). The third kappa shape index (κ3) is 4.15. The van der Waals surface area contributed by atoms with Crippen LogP contribution in [0.4, 0.5) is 9.52 Å². The number of thiazole rings is 1. The summed E-state index contributed by atoms with van der Waals surface area (Å²) in [6, 6.07) is 9.89. The van der Waals surface area contributed by atoms with Crippen molar-refractivity contribution in [3.8, 4) is 11.5 Å². The molecular formula is C21H21ClFN3O3S. The number of alkyl halides is 1. The summed E-state index contributed by atoms with van der Waals surface area (Å²) in [7, 11) is 2.98. The lowest BCUT2D eigenvalue weighted by Crippen LogP contribution is -2.43. The van der Waals surface area contributed by atoms with Gasteiger partial charge in [-0.1, -0.05) is 29.0 Å². The first-order valence-corrected chi connectivity index (χ1v) is 10.7. The number of methoxy groups -OCH3 is 2. The Kier molecular flexibility index (Phi) is 5.97. The van der Waals surface area contributed by atoms with Gasteiger partial charge in [0.1, 0.15) is 23.2 Å². The molecule has 9 heteroatoms. The number of amides is 1. The van der Waals surface area contributed by atoms with Gasteiger partial charge in [0.25, 0.3) is 5.91 Å². The van der Waals surface area contributed by atoms with Gasteiger partial charge in [0.2, 0.25) is 0 Å². The van der Waals surface area contributed by atoms with E-state index >= 15 is 0 Å². The highest BCUT2D eigenvalue weighted by Crippen LogP contribution is 2.33. The molecule has 1 saturated carbocycles. The van der Waals surface area contributed by atoms with Crippen molar-refractivity contribution in [1.82, 2.24) is 10.3 Å². The highest BCUT2D eigenvalue weighted by Gasteiger charge is 2.37. The molecule has 1 aliphatic rings. The second kappa shape index (κ2) is 8.65. The number of hydrogen-bond acceptors (Lipinski definition) is 6. The number of ether oxygens (including phenoxy) is 2. The van der Waals surface area contributed by atoms with Crippen molar-refractivity contribution in [2.75, 3.05) is 19.5 Å². The number of nitrogens with one attached hydrogen (secondary N) is 2. The normalized spacial score (nSPS) is 20.9. The summed E-state index contributed by atoms with van der Waals surface area (Å²) < 4.78 is 25.8. The van der Waals surface area contributed by atoms with Gasteiger partial charge < -0.3 is 20.1 Å². The Labute approximate surface area is 182 Å². The van der Waals surface area contributed by atoms with Crippen LogP contribution in [-0.4, -0.2) is 43.4 Å². The second-order valence-electron chi connectivity index (χ2n) is 7.07. The predicted octanol–water partition coefficient (Wildman–Crippen LogP) is 4.68. The number of fused-ring (bicyclic) bond motifs is 1. The van der Waals surface area contributed by atoms with Crippen molar-refractivity contribution < 1.29 is 18.7 Å². The van der Waals surface area contributed by atoms with Crippen molar-refractivity contribution in [3.63, 3.8) is 0 Å². The Morgan fingerprint density at radius 3 is 2.57 bits per heavy atom. The fourth-order valence-electron chi connectivity index (χ4n) is 3.73. The number of rotatable bonds is 6. The number of benzene rings is 2. The van der Waals surface area contributed by atoms with E-state index in [4.69, 9.17) is 21.1 Å². The number of aromatic nitrogens is 1. The molecule has 30 heavy (non-hydrogen) atoms. The van der Waals surface area contributed by atoms with Crippen LogP contribution in [0.3, 0.4) is 0 Å². The van der Waals surface area contributed by atoms with Crippen molar-refractivity contribution in [2.45, 2.75) is 31.1 Å². The minimum Gasteiger partial charge on any atom is -0.496 e. The SMILES string of the molecule is COc1cccc(OC)c1C(=O)N[C@H]1CC(F)C[C@H]1Nc1nc2ccc(Cl)cc2s1. The van der Waals surface area contributed by atoms with Gasteiger partial charge in [-0.15, -0.1) is 0 Å². The first kappa shape index (κ1) is 20.7. The van der Waals surface area contributed by atoms with Crippen LogP contribution < -0.4 is 20.1 Å². The Hall–Kier alpha value is -2.58. The first-order chi connectivity index (χ1) is 14.5. The first-order valence-electron chi connectivity index (χ1n) is 9.47. The van der Waals surface area contributed by atoms with E-state index in [1.807, 2.05) is 12.1 Å². The summed E-state index contributed by atoms with van der Waals surface area (Å²) in [4.78, 5) is 17.5. The molecule has 1 aromatic heterocycles. The number of halogens is 2. The minimum atomic E-state index is -1.02. The molecule has 1 unspecified atom stereocenters. The molecule has 0 spiro atoms. The predicted molar refractivity (Wildman–Crippen MR) is 117 cm³/mol. The van der Waals surface area contributed by atoms with Crippen LogP contribution in [0, 0.1) is 0 Å². The standard InChI is InChI=1S/C21H21ClFN3O3S/c1-28-16-4-3-5-17(29-2)19(16)20(27)24-14-9-12(23)10-15(14)26-21-25-13-7-6-11(22)8-18(13)30-21/h3-8,12,14-15H,9-10H2,1-2H3,(H,24,27)(H,25,26)/t12?,14-,15+/m0/s1. The Morgan fingerprint density at radius 1 is 1.17 bits per heavy atom. The molecule has 158 valence electrons. The van der Waals surface area contributed by atoms with Gasteiger partial charge >= 0.3 is 0 Å². The molecular weight excluding hydrogens is 429 g/mol. The Bertz CT molecular complexity index is 1050. The number of hydrogen-bond donors (Lipinski definition) is 2. The maximum absolute atomic E-state index is 14.3. The van der Waals surface area contributed by atoms with Crippen LogP contribution in [0.2, 0.25) is 5.02 Å². The maximum atomic E-state index is 14.3. The number of carbonyl (C=O) groups is 1. The number of nitrogens with zero attached hydrogens (tertiary/aromatic N) is 1. The summed E-state index contributed by atoms with van der Waals surface area (Å²) in [5, 5.41) is 7.54. The van der Waals surface area contributed by atoms with Crippen molar-refractivity contribution in [2.24, 2.45) is 0 Å². The van der Waals surface area contributed by atoms with Crippen LogP contribution in [0.25, 0.3) is 10.2 Å². The van der Waals surface area contributed by atoms with E-state index in [1.54, 1.807) is 24.3 Å². The topological polar surface area (TPSA) is 72.5 Å². The van der Waals surface area contributed by atoms with Crippen LogP contribution in [-0.2, 0) is 0 Å². The highest BCUT2D eigenvalue weighted by molar-refractivity contribution is 7.22. The summed E-state index contributed by atoms with van der Waals surface area (Å²) in [6.07, 6.45) is -0.515. The van der Waals surface area contributed by atoms with E-state index in [2.05, 4.69) is 15.6 Å². The van der Waals surface area contributed by atoms with Gasteiger partial charge in [-0.2, -0.15) is 0 Å². The zero-order valence-electron chi connectivity index (χ0n) is 16.4. The van der Waals surface area contributed by atoms with Crippen LogP contribution in [0.5, 0.6) is 11.5 Å². The summed E-state index contributed by atoms with van der Waals surface area (Å²) >= 11 is 7.49. The zero-order chi connectivity index (χ0) is 21.3. The van der Waals surface area contributed by atoms with Gasteiger partial charge in [-0.25, -0.2) is 9.37 Å². The molecule has 1 aliphatic carbocycles. The van der Waals surface area contributed by atoms with E-state index in [0.717, 1.165) is 10.2 Å². The summed E-state index contributed by atoms with van der Waals surface area (Å²) in [5.41, 5.74) is 1.11. The van der Waals surface area contributed by atoms with E-state index in [-0.39, 0.29) is 30.4 Å². The van der Waals surface area contributed by atoms with E-state index in [1.165, 1.54) is 25.6 Å². The minimum absolute atomic E-state index is 0.220. The summed E-state index contributed by atoms with van der Waals surface area (Å²) in [5.74, 6) is 0.426. The lowest BCUT2D eigenvalue weighted by atomic mass is 10.1. The third-order valence-corrected chi connectivity index (χ3v) is 6.32. The number of anilines is 1. The lowest BCUT2D eigenvalue weighted by Gasteiger charge is -2.22. The molecule has 3 atom stereocenters. The van der Waals surface area contributed by atoms with Gasteiger partial charge in [-0.05, 0) is 30.3 Å². The van der Waals surface area contributed by atoms with Crippen LogP contribution in [0.15, 0.2) is 36.4 Å². The van der Waals surface area contributed by atoms with Gasteiger partial charge in [-0.3, -0.25) is 4.79 Å². The molecule has 2 N–H and O–H groups in total. The van der Waals surface area contributed by atoms with Crippen molar-refractivity contribution in [1.29, 1.82) is 0 Å². The third-order valence-electron chi connectivity index (χ3n) is 5.14. The molecule has 1 fully saturated rings. The van der Waals surface area contributed by atoms with E-state index in [9.17, 15) is 9.18 Å². The molecule has 0 bridgehead atoms. The van der Waals surface area contributed by atoms with Crippen LogP contribution in [0.1, 0.15) is 23.2 Å². The summed E-state index contributed by atoms with van der Waals surface area (Å²) in [6.45, 7) is 0. The van der Waals surface area contributed by atoms with Gasteiger partial charge in [0, 0.05) is 17.9 Å². The zero-order valence-corrected chi connectivity index (χ0v) is 18.0. The highest BCUT2D eigenvalue weighted by atomic mass is 35.5. The van der Waals surface area contributed by atoms with E-state index < -0.39 is 12.2 Å². The van der Waals surface area contributed by atoms with E-state index in [0.29, 0.717) is 21.7 Å². The maximum Gasteiger partial charge on any atom is 0.259 e. The molecule has 1 heterocycles. The smallest absolute Gasteiger partial charge is 0.259 e. The molecule has 0 radical (unpaired) electrons. The van der Waals surface area contributed by atoms with Crippen LogP contribution >= 0.6 is 22.9 Å². The molecule has 2 aromatic carbocycles. The van der Waals surface area contributed by atoms with Gasteiger partial charge in [0.15, 0.2) is 5.13 Å². The molecule has 0 aliphatic heterocycles. The Morgan fingerprint density at radius 2 is 1.87 bits per heavy atom. The molecule has 6 nitrogen and oxygen atoms in total. The van der Waals surface area contributed by atoms with Crippen molar-refractivity contribution in [3.05, 3.63) is 47.0 Å². The number of carbonyl (C=O) groups excluding carboxylic acids is 1.